The van der Waals surface area contributed by atoms with Crippen LogP contribution in [0.2, 0.25) is 0 Å². The summed E-state index contributed by atoms with van der Waals surface area (Å²) in [7, 11) is 2.01. The molecule has 0 amide bonds. The van der Waals surface area contributed by atoms with E-state index in [0.29, 0.717) is 0 Å². The largest absolute Gasteiger partial charge is 0.337 e. The number of hydrogen-bond acceptors (Lipinski definition) is 2. The molecule has 0 fully saturated rings. The van der Waals surface area contributed by atoms with E-state index in [-0.39, 0.29) is 0 Å². The Balaban J connectivity index is 1.90. The fourth-order valence-electron chi connectivity index (χ4n) is 1.63. The molecular formula is C13H16BrN3. The molecule has 90 valence electrons. The number of nitrogens with one attached hydrogen (secondary N) is 1. The van der Waals surface area contributed by atoms with E-state index in [4.69, 9.17) is 0 Å². The summed E-state index contributed by atoms with van der Waals surface area (Å²) < 4.78 is 3.19. The highest BCUT2D eigenvalue weighted by Crippen LogP contribution is 2.17. The molecule has 0 aliphatic carbocycles. The van der Waals surface area contributed by atoms with Gasteiger partial charge in [0, 0.05) is 30.5 Å². The van der Waals surface area contributed by atoms with Gasteiger partial charge in [-0.1, -0.05) is 28.1 Å². The van der Waals surface area contributed by atoms with Crippen LogP contribution in [0.25, 0.3) is 0 Å². The van der Waals surface area contributed by atoms with Gasteiger partial charge < -0.3 is 9.88 Å². The van der Waals surface area contributed by atoms with Gasteiger partial charge in [-0.15, -0.1) is 0 Å². The predicted octanol–water partition coefficient (Wildman–Crippen LogP) is 2.78. The van der Waals surface area contributed by atoms with E-state index in [9.17, 15) is 0 Å². The SMILES string of the molecule is Cc1ccc(CNCc2nccn2C)cc1Br. The van der Waals surface area contributed by atoms with E-state index in [0.717, 1.165) is 23.4 Å². The van der Waals surface area contributed by atoms with Gasteiger partial charge in [0.15, 0.2) is 0 Å². The third-order valence-electron chi connectivity index (χ3n) is 2.77. The fraction of sp³-hybridized carbons (Fsp3) is 0.308. The zero-order valence-corrected chi connectivity index (χ0v) is 11.7. The zero-order chi connectivity index (χ0) is 12.3. The Labute approximate surface area is 110 Å². The minimum absolute atomic E-state index is 0.787. The van der Waals surface area contributed by atoms with Gasteiger partial charge in [0.25, 0.3) is 0 Å². The van der Waals surface area contributed by atoms with Gasteiger partial charge in [-0.3, -0.25) is 0 Å². The van der Waals surface area contributed by atoms with Gasteiger partial charge in [0.2, 0.25) is 0 Å². The van der Waals surface area contributed by atoms with Crippen LogP contribution in [-0.2, 0) is 20.1 Å². The maximum atomic E-state index is 4.27. The van der Waals surface area contributed by atoms with Gasteiger partial charge >= 0.3 is 0 Å². The van der Waals surface area contributed by atoms with Crippen molar-refractivity contribution >= 4 is 15.9 Å². The van der Waals surface area contributed by atoms with Gasteiger partial charge in [-0.2, -0.15) is 0 Å². The summed E-state index contributed by atoms with van der Waals surface area (Å²) in [5.41, 5.74) is 2.54. The summed E-state index contributed by atoms with van der Waals surface area (Å²) >= 11 is 3.54. The minimum Gasteiger partial charge on any atom is -0.337 e. The molecule has 2 rings (SSSR count). The first-order valence-electron chi connectivity index (χ1n) is 5.59. The topological polar surface area (TPSA) is 29.9 Å². The molecular weight excluding hydrogens is 278 g/mol. The van der Waals surface area contributed by atoms with Crippen molar-refractivity contribution in [2.24, 2.45) is 7.05 Å². The molecule has 0 radical (unpaired) electrons. The maximum Gasteiger partial charge on any atom is 0.122 e. The van der Waals surface area contributed by atoms with E-state index >= 15 is 0 Å². The molecule has 0 aliphatic heterocycles. The van der Waals surface area contributed by atoms with Crippen molar-refractivity contribution in [2.45, 2.75) is 20.0 Å². The summed E-state index contributed by atoms with van der Waals surface area (Å²) in [4.78, 5) is 4.27. The molecule has 0 aliphatic rings. The Hall–Kier alpha value is -1.13. The molecule has 3 nitrogen and oxygen atoms in total. The average Bonchev–Trinajstić information content (AvgIpc) is 2.70. The zero-order valence-electron chi connectivity index (χ0n) is 10.1. The molecule has 0 unspecified atom stereocenters. The lowest BCUT2D eigenvalue weighted by molar-refractivity contribution is 0.639. The van der Waals surface area contributed by atoms with Crippen LogP contribution >= 0.6 is 15.9 Å². The standard InChI is InChI=1S/C13H16BrN3/c1-10-3-4-11(7-12(10)14)8-15-9-13-16-5-6-17(13)2/h3-7,15H,8-9H2,1-2H3. The number of aryl methyl sites for hydroxylation is 2. The van der Waals surface area contributed by atoms with Crippen LogP contribution in [0.5, 0.6) is 0 Å². The summed E-state index contributed by atoms with van der Waals surface area (Å²) in [5.74, 6) is 1.05. The van der Waals surface area contributed by atoms with Crippen molar-refractivity contribution in [3.05, 3.63) is 52.0 Å². The summed E-state index contributed by atoms with van der Waals surface area (Å²) in [6.45, 7) is 3.73. The number of imidazole rings is 1. The highest BCUT2D eigenvalue weighted by Gasteiger charge is 2.00. The van der Waals surface area contributed by atoms with Crippen molar-refractivity contribution in [1.29, 1.82) is 0 Å². The van der Waals surface area contributed by atoms with E-state index < -0.39 is 0 Å². The van der Waals surface area contributed by atoms with Crippen LogP contribution < -0.4 is 5.32 Å². The van der Waals surface area contributed by atoms with E-state index in [1.807, 2.05) is 24.0 Å². The minimum atomic E-state index is 0.787. The smallest absolute Gasteiger partial charge is 0.122 e. The Morgan fingerprint density at radius 2 is 2.18 bits per heavy atom. The van der Waals surface area contributed by atoms with Crippen molar-refractivity contribution in [3.8, 4) is 0 Å². The molecule has 1 aromatic carbocycles. The molecule has 0 bridgehead atoms. The molecule has 0 spiro atoms. The monoisotopic (exact) mass is 293 g/mol. The maximum absolute atomic E-state index is 4.27. The van der Waals surface area contributed by atoms with Gasteiger partial charge in [-0.05, 0) is 24.1 Å². The van der Waals surface area contributed by atoms with Crippen LogP contribution in [0.3, 0.4) is 0 Å². The third-order valence-corrected chi connectivity index (χ3v) is 3.62. The predicted molar refractivity (Wildman–Crippen MR) is 72.6 cm³/mol. The summed E-state index contributed by atoms with van der Waals surface area (Å²) in [6, 6.07) is 6.42. The van der Waals surface area contributed by atoms with Crippen molar-refractivity contribution in [2.75, 3.05) is 0 Å². The third kappa shape index (κ3) is 3.17. The number of rotatable bonds is 4. The van der Waals surface area contributed by atoms with Crippen LogP contribution in [0.4, 0.5) is 0 Å². The molecule has 0 saturated heterocycles. The van der Waals surface area contributed by atoms with Crippen molar-refractivity contribution in [1.82, 2.24) is 14.9 Å². The second-order valence-corrected chi connectivity index (χ2v) is 5.00. The molecule has 0 atom stereocenters. The van der Waals surface area contributed by atoms with Crippen LogP contribution in [0.15, 0.2) is 35.1 Å². The molecule has 17 heavy (non-hydrogen) atoms. The molecule has 1 heterocycles. The number of halogens is 1. The Kier molecular flexibility index (Phi) is 3.97. The lowest BCUT2D eigenvalue weighted by Gasteiger charge is -2.06. The number of hydrogen-bond donors (Lipinski definition) is 1. The van der Waals surface area contributed by atoms with Gasteiger partial charge in [-0.25, -0.2) is 4.98 Å². The highest BCUT2D eigenvalue weighted by molar-refractivity contribution is 9.10. The van der Waals surface area contributed by atoms with Crippen LogP contribution in [0.1, 0.15) is 17.0 Å². The molecule has 2 aromatic rings. The van der Waals surface area contributed by atoms with Crippen molar-refractivity contribution in [3.63, 3.8) is 0 Å². The lowest BCUT2D eigenvalue weighted by Crippen LogP contribution is -2.15. The second-order valence-electron chi connectivity index (χ2n) is 4.14. The van der Waals surface area contributed by atoms with Gasteiger partial charge in [0.05, 0.1) is 6.54 Å². The van der Waals surface area contributed by atoms with Gasteiger partial charge in [0.1, 0.15) is 5.82 Å². The first-order valence-corrected chi connectivity index (χ1v) is 6.38. The molecule has 4 heteroatoms. The van der Waals surface area contributed by atoms with E-state index in [2.05, 4.69) is 51.4 Å². The summed E-state index contributed by atoms with van der Waals surface area (Å²) in [6.07, 6.45) is 3.78. The van der Waals surface area contributed by atoms with Crippen LogP contribution in [0, 0.1) is 6.92 Å². The average molecular weight is 294 g/mol. The highest BCUT2D eigenvalue weighted by atomic mass is 79.9. The number of aromatic nitrogens is 2. The molecule has 1 N–H and O–H groups in total. The first kappa shape index (κ1) is 12.3. The Morgan fingerprint density at radius 1 is 1.35 bits per heavy atom. The fourth-order valence-corrected chi connectivity index (χ4v) is 2.06. The van der Waals surface area contributed by atoms with Crippen molar-refractivity contribution < 1.29 is 0 Å². The Morgan fingerprint density at radius 3 is 2.82 bits per heavy atom. The first-order chi connectivity index (χ1) is 8.16. The van der Waals surface area contributed by atoms with E-state index in [1.54, 1.807) is 0 Å². The summed E-state index contributed by atoms with van der Waals surface area (Å²) in [5, 5.41) is 3.39. The Bertz CT molecular complexity index is 505. The van der Waals surface area contributed by atoms with Crippen LogP contribution in [-0.4, -0.2) is 9.55 Å². The molecule has 0 saturated carbocycles. The van der Waals surface area contributed by atoms with E-state index in [1.165, 1.54) is 11.1 Å². The normalized spacial score (nSPS) is 10.8. The lowest BCUT2D eigenvalue weighted by atomic mass is 10.1. The second kappa shape index (κ2) is 5.47. The number of benzene rings is 1. The number of nitrogens with zero attached hydrogens (tertiary/aromatic N) is 2. The quantitative estimate of drug-likeness (QED) is 0.939. The molecule has 1 aromatic heterocycles.